The fraction of sp³-hybridized carbons (Fsp3) is 0.216. The van der Waals surface area contributed by atoms with Gasteiger partial charge in [0, 0.05) is 22.9 Å². The molecule has 1 saturated carbocycles. The first-order chi connectivity index (χ1) is 20.0. The molecule has 4 aromatic carbocycles. The Hall–Kier alpha value is -4.31. The molecule has 0 spiro atoms. The van der Waals surface area contributed by atoms with Crippen molar-refractivity contribution in [2.45, 2.75) is 44.4 Å². The summed E-state index contributed by atoms with van der Waals surface area (Å²) in [6.07, 6.45) is 6.40. The van der Waals surface area contributed by atoms with E-state index >= 15 is 4.39 Å². The molecule has 6 aromatic rings. The number of aromatic nitrogens is 1. The summed E-state index contributed by atoms with van der Waals surface area (Å²) in [5.74, 6) is 0.524. The molecule has 0 bridgehead atoms. The number of benzene rings is 4. The van der Waals surface area contributed by atoms with Gasteiger partial charge in [0.1, 0.15) is 29.8 Å². The van der Waals surface area contributed by atoms with Gasteiger partial charge in [-0.15, -0.1) is 0 Å². The summed E-state index contributed by atoms with van der Waals surface area (Å²) in [5.41, 5.74) is 7.66. The summed E-state index contributed by atoms with van der Waals surface area (Å²) in [4.78, 5) is 0. The lowest BCUT2D eigenvalue weighted by molar-refractivity contribution is -0.660. The Balaban J connectivity index is 1.25. The molecule has 0 atom stereocenters. The number of pyridine rings is 1. The van der Waals surface area contributed by atoms with Crippen LogP contribution in [0.5, 0.6) is 0 Å². The number of hydrogen-bond acceptors (Lipinski definition) is 1. The lowest BCUT2D eigenvalue weighted by Crippen LogP contribution is -2.30. The quantitative estimate of drug-likeness (QED) is 0.202. The number of aryl methyl sites for hydroxylation is 2. The fourth-order valence-electron chi connectivity index (χ4n) is 6.76. The molecule has 0 radical (unpaired) electrons. The Kier molecular flexibility index (Phi) is 6.42. The molecule has 41 heavy (non-hydrogen) atoms. The molecule has 0 aliphatic heterocycles. The Labute approximate surface area is 238 Å². The van der Waals surface area contributed by atoms with Crippen molar-refractivity contribution in [1.82, 2.24) is 0 Å². The van der Waals surface area contributed by atoms with Crippen LogP contribution in [0.25, 0.3) is 44.3 Å². The zero-order valence-corrected chi connectivity index (χ0v) is 23.3. The normalized spacial score (nSPS) is 17.4. The maximum atomic E-state index is 15.5. The Bertz CT molecular complexity index is 1880. The van der Waals surface area contributed by atoms with Gasteiger partial charge < -0.3 is 4.42 Å². The van der Waals surface area contributed by atoms with Gasteiger partial charge in [0.15, 0.2) is 6.20 Å². The standard InChI is InChI=1S/C37H32F2NO/c1-23-8-17-30-31-18-19-32(39)35(37(31)41-36(30)34(23)33-22-29(38)20-21-40(33)2)28-15-13-27(14-16-28)26-11-9-25(10-12-26)24-6-4-3-5-7-24/h3-8,13-22,25-26H,9-12H2,1-2H3/q+1. The topological polar surface area (TPSA) is 17.0 Å². The van der Waals surface area contributed by atoms with Crippen LogP contribution < -0.4 is 4.57 Å². The van der Waals surface area contributed by atoms with E-state index in [1.807, 2.05) is 42.8 Å². The SMILES string of the molecule is Cc1ccc2c(oc3c(-c4ccc(C5CCC(c6ccccc6)CC5)cc4)c(F)ccc32)c1-c1cc(F)cc[n+]1C. The summed E-state index contributed by atoms with van der Waals surface area (Å²) in [7, 11) is 1.89. The molecule has 204 valence electrons. The molecule has 0 amide bonds. The number of hydrogen-bond donors (Lipinski definition) is 0. The van der Waals surface area contributed by atoms with Gasteiger partial charge in [-0.25, -0.2) is 13.3 Å². The molecule has 0 N–H and O–H groups in total. The van der Waals surface area contributed by atoms with Gasteiger partial charge in [-0.2, -0.15) is 0 Å². The number of nitrogens with zero attached hydrogens (tertiary/aromatic N) is 1. The minimum atomic E-state index is -0.317. The molecule has 4 heteroatoms. The Morgan fingerprint density at radius 1 is 0.683 bits per heavy atom. The lowest BCUT2D eigenvalue weighted by atomic mass is 9.76. The monoisotopic (exact) mass is 544 g/mol. The average Bonchev–Trinajstić information content (AvgIpc) is 3.37. The highest BCUT2D eigenvalue weighted by atomic mass is 19.1. The fourth-order valence-corrected chi connectivity index (χ4v) is 6.76. The highest BCUT2D eigenvalue weighted by Crippen LogP contribution is 2.43. The van der Waals surface area contributed by atoms with Crippen molar-refractivity contribution in [2.75, 3.05) is 0 Å². The van der Waals surface area contributed by atoms with Gasteiger partial charge in [-0.3, -0.25) is 0 Å². The molecular formula is C37H32F2NO+. The van der Waals surface area contributed by atoms with E-state index in [2.05, 4.69) is 42.5 Å². The van der Waals surface area contributed by atoms with Crippen molar-refractivity contribution >= 4 is 21.9 Å². The number of halogens is 2. The van der Waals surface area contributed by atoms with Gasteiger partial charge in [0.25, 0.3) is 0 Å². The molecule has 2 nitrogen and oxygen atoms in total. The number of furan rings is 1. The number of fused-ring (bicyclic) bond motifs is 3. The van der Waals surface area contributed by atoms with Crippen molar-refractivity contribution < 1.29 is 17.8 Å². The molecule has 0 saturated heterocycles. The highest BCUT2D eigenvalue weighted by molar-refractivity contribution is 6.13. The predicted octanol–water partition coefficient (Wildman–Crippen LogP) is 9.77. The average molecular weight is 545 g/mol. The van der Waals surface area contributed by atoms with E-state index in [0.717, 1.165) is 40.3 Å². The zero-order chi connectivity index (χ0) is 28.1. The van der Waals surface area contributed by atoms with Gasteiger partial charge in [0.05, 0.1) is 11.1 Å². The van der Waals surface area contributed by atoms with Crippen LogP contribution in [0.4, 0.5) is 8.78 Å². The van der Waals surface area contributed by atoms with Gasteiger partial charge in [0.2, 0.25) is 5.69 Å². The molecule has 1 aliphatic carbocycles. The van der Waals surface area contributed by atoms with Gasteiger partial charge in [-0.1, -0.05) is 66.7 Å². The predicted molar refractivity (Wildman–Crippen MR) is 161 cm³/mol. The molecule has 7 rings (SSSR count). The second-order valence-corrected chi connectivity index (χ2v) is 11.5. The number of rotatable bonds is 4. The molecule has 1 aliphatic rings. The van der Waals surface area contributed by atoms with E-state index in [0.29, 0.717) is 34.3 Å². The second kappa shape index (κ2) is 10.3. The molecular weight excluding hydrogens is 512 g/mol. The maximum Gasteiger partial charge on any atom is 0.219 e. The second-order valence-electron chi connectivity index (χ2n) is 11.5. The van der Waals surface area contributed by atoms with Gasteiger partial charge >= 0.3 is 0 Å². The van der Waals surface area contributed by atoms with Crippen molar-refractivity contribution in [3.05, 3.63) is 126 Å². The molecule has 2 aromatic heterocycles. The van der Waals surface area contributed by atoms with Crippen LogP contribution in [-0.2, 0) is 7.05 Å². The molecule has 0 unspecified atom stereocenters. The van der Waals surface area contributed by atoms with Crippen LogP contribution in [-0.4, -0.2) is 0 Å². The minimum Gasteiger partial charge on any atom is -0.454 e. The van der Waals surface area contributed by atoms with Crippen LogP contribution in [0.3, 0.4) is 0 Å². The Morgan fingerprint density at radius 3 is 1.98 bits per heavy atom. The third-order valence-electron chi connectivity index (χ3n) is 9.00. The first-order valence-electron chi connectivity index (χ1n) is 14.4. The van der Waals surface area contributed by atoms with E-state index in [-0.39, 0.29) is 11.6 Å². The van der Waals surface area contributed by atoms with Gasteiger partial charge in [-0.05, 0) is 78.8 Å². The van der Waals surface area contributed by atoms with E-state index in [1.165, 1.54) is 42.2 Å². The molecule has 2 heterocycles. The highest BCUT2D eigenvalue weighted by Gasteiger charge is 2.25. The van der Waals surface area contributed by atoms with E-state index in [1.54, 1.807) is 12.3 Å². The smallest absolute Gasteiger partial charge is 0.219 e. The minimum absolute atomic E-state index is 0.314. The third kappa shape index (κ3) is 4.52. The van der Waals surface area contributed by atoms with Crippen molar-refractivity contribution in [3.8, 4) is 22.4 Å². The summed E-state index contributed by atoms with van der Waals surface area (Å²) in [5, 5.41) is 1.73. The van der Waals surface area contributed by atoms with Crippen LogP contribution >= 0.6 is 0 Å². The van der Waals surface area contributed by atoms with Crippen molar-refractivity contribution in [1.29, 1.82) is 0 Å². The molecule has 1 fully saturated rings. The first kappa shape index (κ1) is 25.6. The van der Waals surface area contributed by atoms with Crippen LogP contribution in [0.2, 0.25) is 0 Å². The van der Waals surface area contributed by atoms with Crippen molar-refractivity contribution in [2.24, 2.45) is 7.05 Å². The van der Waals surface area contributed by atoms with Crippen LogP contribution in [0, 0.1) is 18.6 Å². The summed E-state index contributed by atoms with van der Waals surface area (Å²) < 4.78 is 38.2. The van der Waals surface area contributed by atoms with E-state index < -0.39 is 0 Å². The summed E-state index contributed by atoms with van der Waals surface area (Å²) >= 11 is 0. The zero-order valence-electron chi connectivity index (χ0n) is 23.3. The summed E-state index contributed by atoms with van der Waals surface area (Å²) in [6, 6.07) is 29.5. The maximum absolute atomic E-state index is 15.5. The first-order valence-corrected chi connectivity index (χ1v) is 14.4. The van der Waals surface area contributed by atoms with E-state index in [9.17, 15) is 4.39 Å². The summed E-state index contributed by atoms with van der Waals surface area (Å²) in [6.45, 7) is 1.99. The Morgan fingerprint density at radius 2 is 1.29 bits per heavy atom. The van der Waals surface area contributed by atoms with Crippen LogP contribution in [0.1, 0.15) is 54.2 Å². The third-order valence-corrected chi connectivity index (χ3v) is 9.00. The van der Waals surface area contributed by atoms with E-state index in [4.69, 9.17) is 4.42 Å². The van der Waals surface area contributed by atoms with Crippen molar-refractivity contribution in [3.63, 3.8) is 0 Å². The largest absolute Gasteiger partial charge is 0.454 e. The van der Waals surface area contributed by atoms with Crippen LogP contribution in [0.15, 0.2) is 102 Å². The lowest BCUT2D eigenvalue weighted by Gasteiger charge is -2.29.